The normalized spacial score (nSPS) is 12.3. The van der Waals surface area contributed by atoms with Crippen molar-refractivity contribution >= 4 is 33.5 Å². The summed E-state index contributed by atoms with van der Waals surface area (Å²) < 4.78 is 2.47. The molecule has 0 bridgehead atoms. The molecular weight excluding hydrogens is 350 g/mol. The summed E-state index contributed by atoms with van der Waals surface area (Å²) in [6, 6.07) is 2.74. The van der Waals surface area contributed by atoms with E-state index in [1.54, 1.807) is 23.6 Å². The number of pyridine rings is 1. The number of aryl methyl sites for hydroxylation is 1. The first-order valence-corrected chi connectivity index (χ1v) is 7.91. The van der Waals surface area contributed by atoms with E-state index < -0.39 is 17.9 Å². The minimum atomic E-state index is -1.02. The van der Waals surface area contributed by atoms with Crippen LogP contribution in [0.1, 0.15) is 42.4 Å². The molecule has 1 amide bonds. The van der Waals surface area contributed by atoms with Gasteiger partial charge in [-0.2, -0.15) is 0 Å². The van der Waals surface area contributed by atoms with Gasteiger partial charge in [0, 0.05) is 10.7 Å². The molecular formula is C15H18BrN3O3. The van der Waals surface area contributed by atoms with Gasteiger partial charge in [-0.05, 0) is 41.4 Å². The van der Waals surface area contributed by atoms with E-state index in [4.69, 9.17) is 0 Å². The van der Waals surface area contributed by atoms with Crippen LogP contribution in [0.25, 0.3) is 5.65 Å². The number of carboxylic acid groups (broad SMARTS) is 1. The number of carbonyl (C=O) groups excluding carboxylic acids is 1. The molecule has 0 radical (unpaired) electrons. The monoisotopic (exact) mass is 367 g/mol. The van der Waals surface area contributed by atoms with Crippen LogP contribution in [0.3, 0.4) is 0 Å². The number of hydrogen-bond acceptors (Lipinski definition) is 3. The van der Waals surface area contributed by atoms with E-state index in [0.717, 1.165) is 17.3 Å². The van der Waals surface area contributed by atoms with E-state index >= 15 is 0 Å². The summed E-state index contributed by atoms with van der Waals surface area (Å²) in [5.74, 6) is -1.44. The fraction of sp³-hybridized carbons (Fsp3) is 0.400. The van der Waals surface area contributed by atoms with E-state index in [-0.39, 0.29) is 0 Å². The van der Waals surface area contributed by atoms with Gasteiger partial charge in [0.1, 0.15) is 17.4 Å². The maximum atomic E-state index is 12.5. The number of nitrogens with one attached hydrogen (secondary N) is 1. The number of aliphatic carboxylic acids is 1. The summed E-state index contributed by atoms with van der Waals surface area (Å²) in [6.45, 7) is 3.71. The Balaban J connectivity index is 2.30. The first-order chi connectivity index (χ1) is 10.4. The van der Waals surface area contributed by atoms with Crippen molar-refractivity contribution in [1.29, 1.82) is 0 Å². The molecule has 1 atom stereocenters. The molecule has 0 aromatic carbocycles. The molecule has 6 nitrogen and oxygen atoms in total. The van der Waals surface area contributed by atoms with Crippen LogP contribution in [0.2, 0.25) is 0 Å². The van der Waals surface area contributed by atoms with Crippen LogP contribution < -0.4 is 5.32 Å². The van der Waals surface area contributed by atoms with Gasteiger partial charge in [0.15, 0.2) is 0 Å². The third-order valence-electron chi connectivity index (χ3n) is 3.42. The number of hydrogen-bond donors (Lipinski definition) is 2. The predicted octanol–water partition coefficient (Wildman–Crippen LogP) is 2.78. The summed E-state index contributed by atoms with van der Waals surface area (Å²) in [6.07, 6.45) is 3.78. The lowest BCUT2D eigenvalue weighted by molar-refractivity contribution is -0.139. The van der Waals surface area contributed by atoms with Crippen molar-refractivity contribution in [3.63, 3.8) is 0 Å². The molecule has 0 fully saturated rings. The van der Waals surface area contributed by atoms with Crippen LogP contribution in [-0.2, 0) is 4.79 Å². The summed E-state index contributed by atoms with van der Waals surface area (Å²) in [7, 11) is 0. The fourth-order valence-corrected chi connectivity index (χ4v) is 2.64. The second kappa shape index (κ2) is 6.91. The molecule has 2 heterocycles. The van der Waals surface area contributed by atoms with Crippen molar-refractivity contribution in [3.05, 3.63) is 34.2 Å². The lowest BCUT2D eigenvalue weighted by Gasteiger charge is -2.14. The molecule has 7 heteroatoms. The Hall–Kier alpha value is -1.89. The zero-order valence-corrected chi connectivity index (χ0v) is 14.1. The Labute approximate surface area is 136 Å². The standard InChI is InChI=1S/C15H18BrN3O3/c1-3-4-5-11(15(21)22)18-14(20)13-9(2)17-12-7-6-10(16)8-19(12)13/h6-8,11H,3-5H2,1-2H3,(H,18,20)(H,21,22). The number of carbonyl (C=O) groups is 2. The zero-order chi connectivity index (χ0) is 16.3. The molecule has 0 spiro atoms. The number of rotatable bonds is 6. The molecule has 0 saturated carbocycles. The maximum Gasteiger partial charge on any atom is 0.326 e. The zero-order valence-electron chi connectivity index (χ0n) is 12.5. The average molecular weight is 368 g/mol. The quantitative estimate of drug-likeness (QED) is 0.821. The smallest absolute Gasteiger partial charge is 0.326 e. The van der Waals surface area contributed by atoms with Crippen LogP contribution >= 0.6 is 15.9 Å². The molecule has 22 heavy (non-hydrogen) atoms. The summed E-state index contributed by atoms with van der Waals surface area (Å²) in [5, 5.41) is 11.8. The highest BCUT2D eigenvalue weighted by Gasteiger charge is 2.23. The topological polar surface area (TPSA) is 83.7 Å². The van der Waals surface area contributed by atoms with Crippen LogP contribution in [0, 0.1) is 6.92 Å². The maximum absolute atomic E-state index is 12.5. The van der Waals surface area contributed by atoms with Crippen molar-refractivity contribution in [2.45, 2.75) is 39.2 Å². The molecule has 2 N–H and O–H groups in total. The number of aromatic nitrogens is 2. The van der Waals surface area contributed by atoms with Gasteiger partial charge in [-0.25, -0.2) is 9.78 Å². The lowest BCUT2D eigenvalue weighted by atomic mass is 10.1. The van der Waals surface area contributed by atoms with Crippen LogP contribution in [0.5, 0.6) is 0 Å². The van der Waals surface area contributed by atoms with Gasteiger partial charge in [-0.15, -0.1) is 0 Å². The van der Waals surface area contributed by atoms with Crippen LogP contribution in [0.15, 0.2) is 22.8 Å². The Morgan fingerprint density at radius 1 is 1.45 bits per heavy atom. The Bertz CT molecular complexity index is 711. The van der Waals surface area contributed by atoms with Crippen molar-refractivity contribution in [2.75, 3.05) is 0 Å². The van der Waals surface area contributed by atoms with Crippen molar-refractivity contribution in [2.24, 2.45) is 0 Å². The number of nitrogens with zero attached hydrogens (tertiary/aromatic N) is 2. The molecule has 2 aromatic heterocycles. The van der Waals surface area contributed by atoms with Crippen molar-refractivity contribution in [1.82, 2.24) is 14.7 Å². The number of fused-ring (bicyclic) bond motifs is 1. The Kier molecular flexibility index (Phi) is 5.18. The highest BCUT2D eigenvalue weighted by Crippen LogP contribution is 2.17. The van der Waals surface area contributed by atoms with E-state index in [0.29, 0.717) is 23.5 Å². The number of carboxylic acids is 1. The highest BCUT2D eigenvalue weighted by molar-refractivity contribution is 9.10. The number of unbranched alkanes of at least 4 members (excludes halogenated alkanes) is 1. The summed E-state index contributed by atoms with van der Waals surface area (Å²) in [4.78, 5) is 28.1. The number of halogens is 1. The minimum absolute atomic E-state index is 0.360. The first-order valence-electron chi connectivity index (χ1n) is 7.12. The molecule has 0 aliphatic rings. The van der Waals surface area contributed by atoms with Gasteiger partial charge in [0.2, 0.25) is 0 Å². The molecule has 1 unspecified atom stereocenters. The highest BCUT2D eigenvalue weighted by atomic mass is 79.9. The number of amides is 1. The van der Waals surface area contributed by atoms with Gasteiger partial charge < -0.3 is 10.4 Å². The van der Waals surface area contributed by atoms with Gasteiger partial charge in [0.05, 0.1) is 5.69 Å². The Morgan fingerprint density at radius 3 is 2.82 bits per heavy atom. The first kappa shape index (κ1) is 16.5. The molecule has 2 aromatic rings. The fourth-order valence-electron chi connectivity index (χ4n) is 2.30. The molecule has 2 rings (SSSR count). The summed E-state index contributed by atoms with van der Waals surface area (Å²) >= 11 is 3.36. The van der Waals surface area contributed by atoms with E-state index in [2.05, 4.69) is 26.2 Å². The molecule has 0 aliphatic heterocycles. The molecule has 118 valence electrons. The van der Waals surface area contributed by atoms with Gasteiger partial charge in [0.25, 0.3) is 5.91 Å². The van der Waals surface area contributed by atoms with E-state index in [9.17, 15) is 14.7 Å². The van der Waals surface area contributed by atoms with Gasteiger partial charge in [-0.3, -0.25) is 9.20 Å². The predicted molar refractivity (Wildman–Crippen MR) is 86.0 cm³/mol. The summed E-state index contributed by atoms with van der Waals surface area (Å²) in [5.41, 5.74) is 1.57. The Morgan fingerprint density at radius 2 is 2.18 bits per heavy atom. The average Bonchev–Trinajstić information content (AvgIpc) is 2.78. The second-order valence-electron chi connectivity index (χ2n) is 5.13. The molecule has 0 saturated heterocycles. The van der Waals surface area contributed by atoms with Gasteiger partial charge in [-0.1, -0.05) is 19.8 Å². The SMILES string of the molecule is CCCCC(NC(=O)c1c(C)nc2ccc(Br)cn12)C(=O)O. The van der Waals surface area contributed by atoms with Crippen molar-refractivity contribution in [3.8, 4) is 0 Å². The van der Waals surface area contributed by atoms with Crippen molar-refractivity contribution < 1.29 is 14.7 Å². The van der Waals surface area contributed by atoms with Gasteiger partial charge >= 0.3 is 5.97 Å². The van der Waals surface area contributed by atoms with Crippen LogP contribution in [0.4, 0.5) is 0 Å². The molecule has 0 aliphatic carbocycles. The number of imidazole rings is 1. The van der Waals surface area contributed by atoms with E-state index in [1.807, 2.05) is 13.0 Å². The van der Waals surface area contributed by atoms with Crippen LogP contribution in [-0.4, -0.2) is 32.4 Å². The lowest BCUT2D eigenvalue weighted by Crippen LogP contribution is -2.41. The van der Waals surface area contributed by atoms with E-state index in [1.165, 1.54) is 0 Å². The third-order valence-corrected chi connectivity index (χ3v) is 3.89. The largest absolute Gasteiger partial charge is 0.480 e. The minimum Gasteiger partial charge on any atom is -0.480 e. The second-order valence-corrected chi connectivity index (χ2v) is 6.04. The third kappa shape index (κ3) is 3.47.